The number of H-pyrrole nitrogens is 1. The van der Waals surface area contributed by atoms with E-state index in [0.29, 0.717) is 22.6 Å². The Labute approximate surface area is 84.9 Å². The van der Waals surface area contributed by atoms with Crippen molar-refractivity contribution >= 4 is 5.82 Å². The van der Waals surface area contributed by atoms with Crippen LogP contribution >= 0.6 is 0 Å². The van der Waals surface area contributed by atoms with E-state index >= 15 is 0 Å². The third-order valence-corrected chi connectivity index (χ3v) is 2.20. The fourth-order valence-corrected chi connectivity index (χ4v) is 1.39. The van der Waals surface area contributed by atoms with Crippen LogP contribution in [0.1, 0.15) is 5.56 Å². The lowest BCUT2D eigenvalue weighted by atomic mass is 10.1. The van der Waals surface area contributed by atoms with Gasteiger partial charge >= 0.3 is 0 Å². The molecule has 2 aromatic rings. The van der Waals surface area contributed by atoms with Crippen LogP contribution in [-0.4, -0.2) is 10.2 Å². The Hall–Kier alpha value is -1.91. The van der Waals surface area contributed by atoms with Gasteiger partial charge in [-0.2, -0.15) is 5.10 Å². The van der Waals surface area contributed by atoms with E-state index in [4.69, 9.17) is 5.73 Å². The van der Waals surface area contributed by atoms with Crippen molar-refractivity contribution in [2.75, 3.05) is 5.73 Å². The van der Waals surface area contributed by atoms with E-state index in [1.54, 1.807) is 6.92 Å². The van der Waals surface area contributed by atoms with E-state index in [1.807, 2.05) is 0 Å². The first-order valence-corrected chi connectivity index (χ1v) is 4.35. The predicted octanol–water partition coefficient (Wildman–Crippen LogP) is 2.25. The Balaban J connectivity index is 2.58. The van der Waals surface area contributed by atoms with Crippen LogP contribution in [0.15, 0.2) is 18.2 Å². The number of halogens is 2. The monoisotopic (exact) mass is 209 g/mol. The van der Waals surface area contributed by atoms with E-state index in [1.165, 1.54) is 12.1 Å². The van der Waals surface area contributed by atoms with Gasteiger partial charge in [-0.15, -0.1) is 0 Å². The van der Waals surface area contributed by atoms with Crippen molar-refractivity contribution in [3.8, 4) is 11.3 Å². The molecule has 3 nitrogen and oxygen atoms in total. The molecule has 15 heavy (non-hydrogen) atoms. The quantitative estimate of drug-likeness (QED) is 0.756. The number of nitrogens with two attached hydrogens (primary N) is 1. The van der Waals surface area contributed by atoms with Gasteiger partial charge in [-0.25, -0.2) is 8.78 Å². The van der Waals surface area contributed by atoms with Gasteiger partial charge in [0.1, 0.15) is 17.5 Å². The first-order chi connectivity index (χ1) is 7.08. The summed E-state index contributed by atoms with van der Waals surface area (Å²) in [7, 11) is 0. The van der Waals surface area contributed by atoms with E-state index in [2.05, 4.69) is 10.2 Å². The van der Waals surface area contributed by atoms with Gasteiger partial charge in [-0.3, -0.25) is 5.10 Å². The maximum absolute atomic E-state index is 12.9. The molecule has 0 saturated heterocycles. The highest BCUT2D eigenvalue weighted by Crippen LogP contribution is 2.25. The highest BCUT2D eigenvalue weighted by molar-refractivity contribution is 5.67. The minimum absolute atomic E-state index is 0.328. The molecule has 0 unspecified atom stereocenters. The molecule has 0 spiro atoms. The molecule has 0 amide bonds. The molecule has 0 aliphatic heterocycles. The number of rotatable bonds is 1. The van der Waals surface area contributed by atoms with Gasteiger partial charge in [0.2, 0.25) is 0 Å². The molecule has 3 N–H and O–H groups in total. The zero-order chi connectivity index (χ0) is 11.0. The lowest BCUT2D eigenvalue weighted by Gasteiger charge is -2.00. The van der Waals surface area contributed by atoms with Crippen LogP contribution in [-0.2, 0) is 0 Å². The minimum Gasteiger partial charge on any atom is -0.382 e. The fourth-order valence-electron chi connectivity index (χ4n) is 1.39. The summed E-state index contributed by atoms with van der Waals surface area (Å²) < 4.78 is 25.9. The molecule has 0 aliphatic carbocycles. The topological polar surface area (TPSA) is 54.7 Å². The molecule has 2 rings (SSSR count). The van der Waals surface area contributed by atoms with Gasteiger partial charge in [-0.05, 0) is 19.1 Å². The number of nitrogens with zero attached hydrogens (tertiary/aromatic N) is 1. The van der Waals surface area contributed by atoms with Gasteiger partial charge in [0.25, 0.3) is 0 Å². The van der Waals surface area contributed by atoms with Gasteiger partial charge in [0.15, 0.2) is 0 Å². The Morgan fingerprint density at radius 2 is 1.80 bits per heavy atom. The maximum atomic E-state index is 12.9. The summed E-state index contributed by atoms with van der Waals surface area (Å²) in [6.07, 6.45) is 0. The third kappa shape index (κ3) is 1.68. The first kappa shape index (κ1) is 9.64. The second kappa shape index (κ2) is 3.34. The normalized spacial score (nSPS) is 10.6. The van der Waals surface area contributed by atoms with Crippen molar-refractivity contribution < 1.29 is 8.78 Å². The van der Waals surface area contributed by atoms with Crippen LogP contribution in [0, 0.1) is 18.6 Å². The van der Waals surface area contributed by atoms with E-state index in [-0.39, 0.29) is 0 Å². The standard InChI is InChI=1S/C10H9F2N3/c1-5-9(14-15-10(5)13)6-2-7(11)4-8(12)3-6/h2-4H,1H3,(H3,13,14,15). The summed E-state index contributed by atoms with van der Waals surface area (Å²) in [5, 5.41) is 6.40. The molecular weight excluding hydrogens is 200 g/mol. The third-order valence-electron chi connectivity index (χ3n) is 2.20. The second-order valence-corrected chi connectivity index (χ2v) is 3.27. The average molecular weight is 209 g/mol. The summed E-state index contributed by atoms with van der Waals surface area (Å²) in [6.45, 7) is 1.73. The Morgan fingerprint density at radius 1 is 1.20 bits per heavy atom. The summed E-state index contributed by atoms with van der Waals surface area (Å²) in [5.74, 6) is -0.926. The molecule has 5 heteroatoms. The molecule has 0 radical (unpaired) electrons. The van der Waals surface area contributed by atoms with Crippen LogP contribution < -0.4 is 5.73 Å². The highest BCUT2D eigenvalue weighted by Gasteiger charge is 2.10. The first-order valence-electron chi connectivity index (χ1n) is 4.35. The van der Waals surface area contributed by atoms with Crippen LogP contribution in [0.2, 0.25) is 0 Å². The lowest BCUT2D eigenvalue weighted by Crippen LogP contribution is -1.88. The fraction of sp³-hybridized carbons (Fsp3) is 0.100. The van der Waals surface area contributed by atoms with Crippen molar-refractivity contribution in [3.63, 3.8) is 0 Å². The van der Waals surface area contributed by atoms with Gasteiger partial charge in [0.05, 0.1) is 5.69 Å². The van der Waals surface area contributed by atoms with Crippen molar-refractivity contribution in [2.24, 2.45) is 0 Å². The van der Waals surface area contributed by atoms with Crippen LogP contribution in [0.25, 0.3) is 11.3 Å². The number of aromatic nitrogens is 2. The molecule has 0 aliphatic rings. The smallest absolute Gasteiger partial charge is 0.148 e. The molecular formula is C10H9F2N3. The van der Waals surface area contributed by atoms with Gasteiger partial charge in [-0.1, -0.05) is 0 Å². The van der Waals surface area contributed by atoms with Gasteiger partial charge in [0, 0.05) is 17.2 Å². The largest absolute Gasteiger partial charge is 0.382 e. The summed E-state index contributed by atoms with van der Waals surface area (Å²) in [6, 6.07) is 3.27. The Bertz CT molecular complexity index is 485. The zero-order valence-electron chi connectivity index (χ0n) is 8.01. The molecule has 78 valence electrons. The Morgan fingerprint density at radius 3 is 2.27 bits per heavy atom. The summed E-state index contributed by atoms with van der Waals surface area (Å²) in [5.41, 5.74) is 7.14. The van der Waals surface area contributed by atoms with Crippen molar-refractivity contribution in [1.29, 1.82) is 0 Å². The van der Waals surface area contributed by atoms with Crippen molar-refractivity contribution in [2.45, 2.75) is 6.92 Å². The Kier molecular flexibility index (Phi) is 2.15. The molecule has 1 heterocycles. The van der Waals surface area contributed by atoms with E-state index in [0.717, 1.165) is 6.07 Å². The number of anilines is 1. The highest BCUT2D eigenvalue weighted by atomic mass is 19.1. The zero-order valence-corrected chi connectivity index (χ0v) is 8.01. The van der Waals surface area contributed by atoms with Crippen LogP contribution in [0.3, 0.4) is 0 Å². The summed E-state index contributed by atoms with van der Waals surface area (Å²) in [4.78, 5) is 0. The number of hydrogen-bond donors (Lipinski definition) is 2. The molecule has 1 aromatic carbocycles. The van der Waals surface area contributed by atoms with Crippen molar-refractivity contribution in [1.82, 2.24) is 10.2 Å². The number of benzene rings is 1. The number of aromatic amines is 1. The molecule has 0 fully saturated rings. The molecule has 0 atom stereocenters. The van der Waals surface area contributed by atoms with E-state index < -0.39 is 11.6 Å². The molecule has 0 bridgehead atoms. The lowest BCUT2D eigenvalue weighted by molar-refractivity contribution is 0.584. The number of hydrogen-bond acceptors (Lipinski definition) is 2. The predicted molar refractivity (Wildman–Crippen MR) is 53.1 cm³/mol. The number of nitrogens with one attached hydrogen (secondary N) is 1. The van der Waals surface area contributed by atoms with Crippen molar-refractivity contribution in [3.05, 3.63) is 35.4 Å². The van der Waals surface area contributed by atoms with Crippen LogP contribution in [0.4, 0.5) is 14.6 Å². The van der Waals surface area contributed by atoms with Gasteiger partial charge < -0.3 is 5.73 Å². The molecule has 1 aromatic heterocycles. The second-order valence-electron chi connectivity index (χ2n) is 3.27. The average Bonchev–Trinajstić information content (AvgIpc) is 2.46. The number of nitrogen functional groups attached to an aromatic ring is 1. The summed E-state index contributed by atoms with van der Waals surface area (Å²) >= 11 is 0. The SMILES string of the molecule is Cc1c(N)n[nH]c1-c1cc(F)cc(F)c1. The minimum atomic E-state index is -0.627. The van der Waals surface area contributed by atoms with Crippen LogP contribution in [0.5, 0.6) is 0 Å². The maximum Gasteiger partial charge on any atom is 0.148 e. The molecule has 0 saturated carbocycles. The van der Waals surface area contributed by atoms with E-state index in [9.17, 15) is 8.78 Å².